The summed E-state index contributed by atoms with van der Waals surface area (Å²) in [5.41, 5.74) is -1.13. The summed E-state index contributed by atoms with van der Waals surface area (Å²) in [6.45, 7) is 3.64. The van der Waals surface area contributed by atoms with E-state index in [-0.39, 0.29) is 36.5 Å². The summed E-state index contributed by atoms with van der Waals surface area (Å²) in [6, 6.07) is 11.1. The van der Waals surface area contributed by atoms with Gasteiger partial charge in [0.25, 0.3) is 0 Å². The summed E-state index contributed by atoms with van der Waals surface area (Å²) in [5, 5.41) is 14.3. The van der Waals surface area contributed by atoms with Crippen molar-refractivity contribution >= 4 is 17.3 Å². The number of fused-ring (bicyclic) bond motifs is 1. The van der Waals surface area contributed by atoms with Gasteiger partial charge in [0.05, 0.1) is 11.0 Å². The second-order valence-corrected chi connectivity index (χ2v) is 10.6. The molecule has 2 aromatic carbocycles. The van der Waals surface area contributed by atoms with E-state index in [0.29, 0.717) is 44.8 Å². The Morgan fingerprint density at radius 2 is 1.77 bits per heavy atom. The lowest BCUT2D eigenvalue weighted by molar-refractivity contribution is -0.387. The van der Waals surface area contributed by atoms with E-state index in [1.54, 1.807) is 0 Å². The fraction of sp³-hybridized carbons (Fsp3) is 0.536. The quantitative estimate of drug-likeness (QED) is 0.374. The lowest BCUT2D eigenvalue weighted by Gasteiger charge is -2.36. The van der Waals surface area contributed by atoms with Crippen molar-refractivity contribution in [3.05, 3.63) is 63.7 Å². The van der Waals surface area contributed by atoms with Crippen molar-refractivity contribution in [3.63, 3.8) is 0 Å². The number of hydrogen-bond donors (Lipinski definition) is 1. The number of halogens is 3. The van der Waals surface area contributed by atoms with Gasteiger partial charge in [0, 0.05) is 45.2 Å². The Hall–Kier alpha value is -3.38. The normalized spacial score (nSPS) is 23.4. The SMILES string of the molecule is O=C(COC1CCC(Nc2cccc(C(F)(F)F)c2[N+](=O)[O-])CC1)N1CCN(CC2Cc3ccccc3O2)CC1. The number of nitrogens with one attached hydrogen (secondary N) is 1. The molecule has 2 aromatic rings. The number of nitro groups is 1. The average Bonchev–Trinajstić information content (AvgIpc) is 3.34. The molecule has 1 saturated heterocycles. The van der Waals surface area contributed by atoms with Crippen molar-refractivity contribution in [1.29, 1.82) is 0 Å². The van der Waals surface area contributed by atoms with Gasteiger partial charge in [-0.3, -0.25) is 19.8 Å². The second kappa shape index (κ2) is 12.0. The van der Waals surface area contributed by atoms with Crippen LogP contribution in [-0.2, 0) is 22.1 Å². The zero-order valence-electron chi connectivity index (χ0n) is 22.1. The Kier molecular flexibility index (Phi) is 8.46. The number of amides is 1. The molecule has 1 amide bonds. The van der Waals surface area contributed by atoms with E-state index < -0.39 is 22.4 Å². The van der Waals surface area contributed by atoms with Crippen LogP contribution >= 0.6 is 0 Å². The third-order valence-corrected chi connectivity index (χ3v) is 7.90. The molecule has 40 heavy (non-hydrogen) atoms. The van der Waals surface area contributed by atoms with Crippen LogP contribution in [0.15, 0.2) is 42.5 Å². The number of para-hydroxylation sites is 2. The number of carbonyl (C=O) groups is 1. The lowest BCUT2D eigenvalue weighted by Crippen LogP contribution is -2.51. The van der Waals surface area contributed by atoms with Crippen LogP contribution in [0.2, 0.25) is 0 Å². The van der Waals surface area contributed by atoms with Crippen LogP contribution in [0.5, 0.6) is 5.75 Å². The number of alkyl halides is 3. The smallest absolute Gasteiger partial charge is 0.423 e. The van der Waals surface area contributed by atoms with Crippen LogP contribution in [0.25, 0.3) is 0 Å². The first-order valence-corrected chi connectivity index (χ1v) is 13.6. The van der Waals surface area contributed by atoms with Crippen molar-refractivity contribution in [2.75, 3.05) is 44.6 Å². The number of anilines is 1. The van der Waals surface area contributed by atoms with Gasteiger partial charge < -0.3 is 19.7 Å². The first-order chi connectivity index (χ1) is 19.2. The van der Waals surface area contributed by atoms with Crippen molar-refractivity contribution < 1.29 is 32.4 Å². The molecule has 5 rings (SSSR count). The highest BCUT2D eigenvalue weighted by molar-refractivity contribution is 5.77. The maximum atomic E-state index is 13.3. The van der Waals surface area contributed by atoms with E-state index in [1.807, 2.05) is 23.1 Å². The second-order valence-electron chi connectivity index (χ2n) is 10.6. The zero-order valence-corrected chi connectivity index (χ0v) is 22.1. The standard InChI is InChI=1S/C28H33F3N4O5/c29-28(30,31)23-5-3-6-24(27(23)35(37)38)32-20-8-10-21(11-9-20)39-18-26(36)34-14-12-33(13-15-34)17-22-16-19-4-1-2-7-25(19)40-22/h1-7,20-22,32H,8-18H2. The summed E-state index contributed by atoms with van der Waals surface area (Å²) in [6.07, 6.45) is -1.58. The molecule has 3 aliphatic rings. The summed E-state index contributed by atoms with van der Waals surface area (Å²) in [7, 11) is 0. The third-order valence-electron chi connectivity index (χ3n) is 7.90. The summed E-state index contributed by atoms with van der Waals surface area (Å²) >= 11 is 0. The zero-order chi connectivity index (χ0) is 28.3. The van der Waals surface area contributed by atoms with Gasteiger partial charge in [-0.15, -0.1) is 0 Å². The molecule has 1 atom stereocenters. The minimum atomic E-state index is -4.82. The number of carbonyl (C=O) groups excluding carboxylic acids is 1. The van der Waals surface area contributed by atoms with E-state index in [4.69, 9.17) is 9.47 Å². The predicted molar refractivity (Wildman–Crippen MR) is 141 cm³/mol. The fourth-order valence-electron chi connectivity index (χ4n) is 5.78. The Balaban J connectivity index is 1.02. The molecule has 2 aliphatic heterocycles. The van der Waals surface area contributed by atoms with Gasteiger partial charge in [0.15, 0.2) is 0 Å². The monoisotopic (exact) mass is 562 g/mol. The number of nitrogens with zero attached hydrogens (tertiary/aromatic N) is 3. The first kappa shape index (κ1) is 28.2. The summed E-state index contributed by atoms with van der Waals surface area (Å²) in [5.74, 6) is 0.907. The molecule has 1 N–H and O–H groups in total. The van der Waals surface area contributed by atoms with Gasteiger partial charge in [0.1, 0.15) is 29.7 Å². The highest BCUT2D eigenvalue weighted by atomic mass is 19.4. The van der Waals surface area contributed by atoms with Gasteiger partial charge in [-0.05, 0) is 49.4 Å². The molecule has 216 valence electrons. The van der Waals surface area contributed by atoms with E-state index in [2.05, 4.69) is 16.3 Å². The van der Waals surface area contributed by atoms with Crippen molar-refractivity contribution in [2.45, 2.75) is 56.5 Å². The van der Waals surface area contributed by atoms with Gasteiger partial charge in [-0.1, -0.05) is 24.3 Å². The molecule has 2 heterocycles. The Labute approximate surface area is 230 Å². The fourth-order valence-corrected chi connectivity index (χ4v) is 5.78. The number of piperazine rings is 1. The minimum absolute atomic E-state index is 0.0110. The maximum absolute atomic E-state index is 13.3. The minimum Gasteiger partial charge on any atom is -0.488 e. The number of ether oxygens (including phenoxy) is 2. The molecule has 1 aliphatic carbocycles. The van der Waals surface area contributed by atoms with E-state index in [9.17, 15) is 28.1 Å². The molecular weight excluding hydrogens is 529 g/mol. The van der Waals surface area contributed by atoms with Gasteiger partial charge in [-0.2, -0.15) is 13.2 Å². The predicted octanol–water partition coefficient (Wildman–Crippen LogP) is 4.50. The van der Waals surface area contributed by atoms with Crippen molar-refractivity contribution in [3.8, 4) is 5.75 Å². The van der Waals surface area contributed by atoms with Crippen LogP contribution in [0.4, 0.5) is 24.5 Å². The largest absolute Gasteiger partial charge is 0.488 e. The first-order valence-electron chi connectivity index (χ1n) is 13.6. The van der Waals surface area contributed by atoms with Gasteiger partial charge in [0.2, 0.25) is 5.91 Å². The van der Waals surface area contributed by atoms with Gasteiger partial charge in [-0.25, -0.2) is 0 Å². The van der Waals surface area contributed by atoms with Crippen LogP contribution in [0, 0.1) is 10.1 Å². The number of nitro benzene ring substituents is 1. The third kappa shape index (κ3) is 6.67. The molecule has 12 heteroatoms. The van der Waals surface area contributed by atoms with Crippen LogP contribution in [-0.4, -0.2) is 78.2 Å². The summed E-state index contributed by atoms with van der Waals surface area (Å²) < 4.78 is 51.7. The molecule has 1 unspecified atom stereocenters. The topological polar surface area (TPSA) is 97.2 Å². The van der Waals surface area contributed by atoms with E-state index >= 15 is 0 Å². The van der Waals surface area contributed by atoms with Crippen LogP contribution in [0.3, 0.4) is 0 Å². The van der Waals surface area contributed by atoms with Crippen LogP contribution in [0.1, 0.15) is 36.8 Å². The lowest BCUT2D eigenvalue weighted by atomic mass is 9.92. The average molecular weight is 563 g/mol. The van der Waals surface area contributed by atoms with Crippen molar-refractivity contribution in [1.82, 2.24) is 9.80 Å². The Morgan fingerprint density at radius 3 is 2.45 bits per heavy atom. The molecular formula is C28H33F3N4O5. The van der Waals surface area contributed by atoms with Gasteiger partial charge >= 0.3 is 11.9 Å². The number of rotatable bonds is 8. The number of hydrogen-bond acceptors (Lipinski definition) is 7. The Bertz CT molecular complexity index is 1190. The Morgan fingerprint density at radius 1 is 1.05 bits per heavy atom. The summed E-state index contributed by atoms with van der Waals surface area (Å²) in [4.78, 5) is 27.3. The molecule has 0 aromatic heterocycles. The maximum Gasteiger partial charge on any atom is 0.423 e. The highest BCUT2D eigenvalue weighted by Gasteiger charge is 2.40. The van der Waals surface area contributed by atoms with Crippen molar-refractivity contribution in [2.24, 2.45) is 0 Å². The molecule has 2 fully saturated rings. The molecule has 0 radical (unpaired) electrons. The van der Waals surface area contributed by atoms with Crippen LogP contribution < -0.4 is 10.1 Å². The molecule has 0 bridgehead atoms. The molecule has 0 spiro atoms. The molecule has 9 nitrogen and oxygen atoms in total. The molecule has 1 saturated carbocycles. The highest BCUT2D eigenvalue weighted by Crippen LogP contribution is 2.41. The van der Waals surface area contributed by atoms with E-state index in [0.717, 1.165) is 31.8 Å². The number of benzene rings is 2. The van der Waals surface area contributed by atoms with E-state index in [1.165, 1.54) is 17.7 Å².